The van der Waals surface area contributed by atoms with Crippen molar-refractivity contribution in [2.45, 2.75) is 34.6 Å². The standard InChI is InChI=1S/C115H70N2/c1-63-53-76(47-48-77(63)62-117)79-56-66(4)101(67(5)57-79)89-50-52-95-106-86(89)33-19-37-92(106)112-102(71-22-8-6-9-23-71)98-59-96-82-29-14-12-27-80(82)85-32-18-36-91(109(85)96)111(98)105(115(95)112)74-45-41-70(42-46-74)69-39-43-73(44-40-69)103-99-60-97-83-30-15-13-28-81(83)84-31-17-35-90(108(84)97)110(99)104(72-24-10-7-11-25-72)114-94-51-49-88(87-34-20-38-93(107(87)94)113(103)114)100-64(2)54-78(55-65(100)3)75-26-16-21-68(58-75)61-116/h6-60H,1-5H3. The number of hydrogen-bond acceptors (Lipinski definition) is 2. The fourth-order valence-electron chi connectivity index (χ4n) is 21.8. The van der Waals surface area contributed by atoms with Gasteiger partial charge in [-0.3, -0.25) is 0 Å². The van der Waals surface area contributed by atoms with Gasteiger partial charge in [-0.15, -0.1) is 0 Å². The molecule has 0 aliphatic rings. The average molecular weight is 1480 g/mol. The molecule has 2 nitrogen and oxygen atoms in total. The first-order valence-corrected chi connectivity index (χ1v) is 40.6. The lowest BCUT2D eigenvalue weighted by atomic mass is 9.83. The number of fused-ring (bicyclic) bond motifs is 16. The van der Waals surface area contributed by atoms with Gasteiger partial charge in [0.1, 0.15) is 0 Å². The maximum atomic E-state index is 9.91. The van der Waals surface area contributed by atoms with Crippen LogP contribution >= 0.6 is 0 Å². The molecule has 0 unspecified atom stereocenters. The first-order chi connectivity index (χ1) is 57.5. The van der Waals surface area contributed by atoms with Gasteiger partial charge in [0.15, 0.2) is 0 Å². The molecule has 0 bridgehead atoms. The van der Waals surface area contributed by atoms with Crippen molar-refractivity contribution in [1.29, 1.82) is 10.5 Å². The van der Waals surface area contributed by atoms with Gasteiger partial charge in [-0.05, 0) is 344 Å². The summed E-state index contributed by atoms with van der Waals surface area (Å²) in [6.45, 7) is 11.0. The van der Waals surface area contributed by atoms with E-state index in [4.69, 9.17) is 0 Å². The lowest BCUT2D eigenvalue weighted by Crippen LogP contribution is -1.93. The molecule has 117 heavy (non-hydrogen) atoms. The molecule has 24 aromatic carbocycles. The predicted molar refractivity (Wildman–Crippen MR) is 498 cm³/mol. The molecule has 0 saturated heterocycles. The largest absolute Gasteiger partial charge is 0.192 e. The van der Waals surface area contributed by atoms with Crippen molar-refractivity contribution in [3.05, 3.63) is 373 Å². The average Bonchev–Trinajstić information content (AvgIpc) is 1.54. The second-order valence-electron chi connectivity index (χ2n) is 32.7. The van der Waals surface area contributed by atoms with E-state index in [1.807, 2.05) is 31.2 Å². The number of benzene rings is 20. The number of aryl methyl sites for hydroxylation is 5. The summed E-state index contributed by atoms with van der Waals surface area (Å²) >= 11 is 0. The predicted octanol–water partition coefficient (Wildman–Crippen LogP) is 31.9. The quantitative estimate of drug-likeness (QED) is 0.135. The normalized spacial score (nSPS) is 12.1. The van der Waals surface area contributed by atoms with Crippen molar-refractivity contribution in [2.24, 2.45) is 0 Å². The van der Waals surface area contributed by atoms with Gasteiger partial charge in [-0.1, -0.05) is 303 Å². The molecular weight excluding hydrogens is 1410 g/mol. The van der Waals surface area contributed by atoms with E-state index in [1.165, 1.54) is 240 Å². The zero-order valence-corrected chi connectivity index (χ0v) is 65.1. The third kappa shape index (κ3) is 9.42. The van der Waals surface area contributed by atoms with Gasteiger partial charge in [-0.2, -0.15) is 10.5 Å². The second kappa shape index (κ2) is 25.0. The summed E-state index contributed by atoms with van der Waals surface area (Å²) in [6, 6.07) is 131. The topological polar surface area (TPSA) is 47.6 Å². The maximum absolute atomic E-state index is 9.91. The molecule has 2 heteroatoms. The molecule has 0 saturated carbocycles. The van der Waals surface area contributed by atoms with Gasteiger partial charge in [0, 0.05) is 0 Å². The number of nitrogens with zero attached hydrogens (tertiary/aromatic N) is 2. The maximum Gasteiger partial charge on any atom is 0.0994 e. The summed E-state index contributed by atoms with van der Waals surface area (Å²) in [4.78, 5) is 0. The van der Waals surface area contributed by atoms with Crippen LogP contribution in [0.25, 0.3) is 251 Å². The van der Waals surface area contributed by atoms with Crippen LogP contribution in [-0.4, -0.2) is 0 Å². The van der Waals surface area contributed by atoms with Gasteiger partial charge in [-0.25, -0.2) is 0 Å². The molecule has 0 radical (unpaired) electrons. The summed E-state index contributed by atoms with van der Waals surface area (Å²) in [5.41, 5.74) is 28.5. The van der Waals surface area contributed by atoms with E-state index in [0.29, 0.717) is 11.1 Å². The van der Waals surface area contributed by atoms with Crippen LogP contribution in [0, 0.1) is 57.3 Å². The SMILES string of the molecule is Cc1cc(-c2cc(C)c(-c3ccc4c5c(-c6ccc(-c7ccc(-c8c9cc%10c%11ccccc%11c%11cccc(c9c(-c9ccccc9)c9c%12ccc(-c%13c(C)cc(-c%14cccc(C#N)c%14)cc%13C)c%13cccc(c89)c%13%12)c%11%10)cc7)cc6)c6c(cc7c8ccccc8c8cccc6c87)c(-c6ccccc6)c5c5cccc3c54)c(C)c2)ccc1C#N. The van der Waals surface area contributed by atoms with Crippen molar-refractivity contribution in [3.8, 4) is 112 Å². The Kier molecular flexibility index (Phi) is 14.2. The molecule has 0 N–H and O–H groups in total. The highest BCUT2D eigenvalue weighted by Gasteiger charge is 2.31. The highest BCUT2D eigenvalue weighted by molar-refractivity contribution is 6.48. The van der Waals surface area contributed by atoms with Crippen molar-refractivity contribution < 1.29 is 0 Å². The number of hydrogen-bond donors (Lipinski definition) is 0. The van der Waals surface area contributed by atoms with Crippen LogP contribution in [0.15, 0.2) is 334 Å². The van der Waals surface area contributed by atoms with E-state index in [9.17, 15) is 10.5 Å². The Balaban J connectivity index is 0.728. The summed E-state index contributed by atoms with van der Waals surface area (Å²) in [5, 5.41) is 55.2. The lowest BCUT2D eigenvalue weighted by molar-refractivity contribution is 1.36. The van der Waals surface area contributed by atoms with E-state index in [-0.39, 0.29) is 0 Å². The summed E-state index contributed by atoms with van der Waals surface area (Å²) < 4.78 is 0. The van der Waals surface area contributed by atoms with Crippen molar-refractivity contribution in [2.75, 3.05) is 0 Å². The third-order valence-corrected chi connectivity index (χ3v) is 26.4. The third-order valence-electron chi connectivity index (χ3n) is 26.4. The molecular formula is C115H70N2. The van der Waals surface area contributed by atoms with E-state index < -0.39 is 0 Å². The lowest BCUT2D eigenvalue weighted by Gasteiger charge is -2.19. The summed E-state index contributed by atoms with van der Waals surface area (Å²) in [6.07, 6.45) is 0. The zero-order chi connectivity index (χ0) is 77.9. The molecule has 0 fully saturated rings. The molecule has 24 aromatic rings. The van der Waals surface area contributed by atoms with Gasteiger partial charge >= 0.3 is 0 Å². The summed E-state index contributed by atoms with van der Waals surface area (Å²) in [7, 11) is 0. The van der Waals surface area contributed by atoms with Crippen LogP contribution < -0.4 is 0 Å². The van der Waals surface area contributed by atoms with Crippen LogP contribution in [-0.2, 0) is 0 Å². The van der Waals surface area contributed by atoms with Gasteiger partial charge in [0.05, 0.1) is 23.3 Å². The Hall–Kier alpha value is -15.1. The molecule has 0 amide bonds. The molecule has 24 rings (SSSR count). The molecule has 0 aromatic heterocycles. The van der Waals surface area contributed by atoms with Crippen molar-refractivity contribution >= 4 is 151 Å². The Morgan fingerprint density at radius 1 is 0.162 bits per heavy atom. The molecule has 0 spiro atoms. The first-order valence-electron chi connectivity index (χ1n) is 40.6. The monoisotopic (exact) mass is 1480 g/mol. The first kappa shape index (κ1) is 66.5. The van der Waals surface area contributed by atoms with Crippen molar-refractivity contribution in [1.82, 2.24) is 0 Å². The minimum Gasteiger partial charge on any atom is -0.192 e. The van der Waals surface area contributed by atoms with E-state index in [2.05, 4.69) is 349 Å². The minimum atomic E-state index is 0.657. The Morgan fingerprint density at radius 3 is 0.906 bits per heavy atom. The Bertz CT molecular complexity index is 8480. The molecule has 0 aliphatic carbocycles. The smallest absolute Gasteiger partial charge is 0.0994 e. The fraction of sp³-hybridized carbons (Fsp3) is 0.0435. The van der Waals surface area contributed by atoms with Crippen LogP contribution in [0.4, 0.5) is 0 Å². The molecule has 0 heterocycles. The molecule has 540 valence electrons. The van der Waals surface area contributed by atoms with Crippen LogP contribution in [0.3, 0.4) is 0 Å². The van der Waals surface area contributed by atoms with Gasteiger partial charge in [0.25, 0.3) is 0 Å². The van der Waals surface area contributed by atoms with E-state index >= 15 is 0 Å². The molecule has 0 aliphatic heterocycles. The van der Waals surface area contributed by atoms with Crippen LogP contribution in [0.2, 0.25) is 0 Å². The zero-order valence-electron chi connectivity index (χ0n) is 65.1. The van der Waals surface area contributed by atoms with E-state index in [1.54, 1.807) is 0 Å². The Labute approximate surface area is 676 Å². The van der Waals surface area contributed by atoms with E-state index in [0.717, 1.165) is 38.9 Å². The van der Waals surface area contributed by atoms with Crippen LogP contribution in [0.5, 0.6) is 0 Å². The minimum absolute atomic E-state index is 0.657. The Morgan fingerprint density at radius 2 is 0.470 bits per heavy atom. The van der Waals surface area contributed by atoms with Gasteiger partial charge in [0.2, 0.25) is 0 Å². The highest BCUT2D eigenvalue weighted by Crippen LogP contribution is 2.59. The number of rotatable bonds is 9. The second-order valence-corrected chi connectivity index (χ2v) is 32.7. The van der Waals surface area contributed by atoms with Crippen molar-refractivity contribution in [3.63, 3.8) is 0 Å². The summed E-state index contributed by atoms with van der Waals surface area (Å²) in [5.74, 6) is 0. The van der Waals surface area contributed by atoms with Gasteiger partial charge < -0.3 is 0 Å². The number of nitriles is 2. The highest BCUT2D eigenvalue weighted by atomic mass is 14.3. The van der Waals surface area contributed by atoms with Crippen LogP contribution in [0.1, 0.15) is 38.9 Å². The fourth-order valence-corrected chi connectivity index (χ4v) is 21.8. The molecule has 0 atom stereocenters.